The Morgan fingerprint density at radius 2 is 1.90 bits per heavy atom. The number of halogens is 2. The molecule has 3 heterocycles. The number of aryl methyl sites for hydroxylation is 1. The monoisotopic (exact) mass is 458 g/mol. The lowest BCUT2D eigenvalue weighted by atomic mass is 9.82. The first-order valence-electron chi connectivity index (χ1n) is 10.7. The molecule has 5 rings (SSSR count). The topological polar surface area (TPSA) is 69.0 Å². The van der Waals surface area contributed by atoms with Gasteiger partial charge in [-0.25, -0.2) is 14.6 Å². The Balaban J connectivity index is 1.30. The van der Waals surface area contributed by atoms with Crippen LogP contribution in [0.2, 0.25) is 10.2 Å². The van der Waals surface area contributed by atoms with Crippen LogP contribution in [-0.4, -0.2) is 37.8 Å². The van der Waals surface area contributed by atoms with Gasteiger partial charge in [0.25, 0.3) is 0 Å². The van der Waals surface area contributed by atoms with Gasteiger partial charge in [-0.1, -0.05) is 29.3 Å². The van der Waals surface area contributed by atoms with Gasteiger partial charge in [-0.3, -0.25) is 0 Å². The molecule has 3 aromatic rings. The average molecular weight is 459 g/mol. The highest BCUT2D eigenvalue weighted by molar-refractivity contribution is 6.30. The highest BCUT2D eigenvalue weighted by Gasteiger charge is 2.42. The highest BCUT2D eigenvalue weighted by Crippen LogP contribution is 2.44. The molecule has 1 aliphatic heterocycles. The molecule has 9 heteroatoms. The number of hydrogen-bond acceptors (Lipinski definition) is 6. The van der Waals surface area contributed by atoms with Gasteiger partial charge in [-0.2, -0.15) is 10.1 Å². The van der Waals surface area contributed by atoms with E-state index in [1.165, 1.54) is 19.2 Å². The molecule has 0 N–H and O–H groups in total. The van der Waals surface area contributed by atoms with Crippen LogP contribution in [0, 0.1) is 17.8 Å². The van der Waals surface area contributed by atoms with E-state index in [9.17, 15) is 0 Å². The summed E-state index contributed by atoms with van der Waals surface area (Å²) in [6, 6.07) is 9.70. The zero-order valence-corrected chi connectivity index (χ0v) is 18.8. The molecule has 7 nitrogen and oxygen atoms in total. The first kappa shape index (κ1) is 20.5. The van der Waals surface area contributed by atoms with Gasteiger partial charge in [-0.05, 0) is 55.7 Å². The molecule has 1 aromatic carbocycles. The molecule has 0 radical (unpaired) electrons. The second kappa shape index (κ2) is 8.63. The molecular weight excluding hydrogens is 435 g/mol. The van der Waals surface area contributed by atoms with E-state index >= 15 is 0 Å². The van der Waals surface area contributed by atoms with Crippen LogP contribution in [-0.2, 0) is 13.0 Å². The normalized spacial score (nSPS) is 22.7. The zero-order chi connectivity index (χ0) is 21.4. The number of benzene rings is 1. The average Bonchev–Trinajstić information content (AvgIpc) is 3.23. The Bertz CT molecular complexity index is 1060. The third kappa shape index (κ3) is 4.34. The minimum atomic E-state index is 0.487. The lowest BCUT2D eigenvalue weighted by Gasteiger charge is -2.38. The Kier molecular flexibility index (Phi) is 5.71. The lowest BCUT2D eigenvalue weighted by molar-refractivity contribution is 0.264. The molecular formula is C22H24Cl2N6O. The maximum atomic E-state index is 6.08. The first-order valence-corrected chi connectivity index (χ1v) is 11.4. The van der Waals surface area contributed by atoms with Crippen LogP contribution in [0.4, 0.5) is 5.82 Å². The van der Waals surface area contributed by atoms with E-state index < -0.39 is 0 Å². The van der Waals surface area contributed by atoms with Crippen LogP contribution in [0.3, 0.4) is 0 Å². The summed E-state index contributed by atoms with van der Waals surface area (Å²) >= 11 is 12.2. The van der Waals surface area contributed by atoms with Gasteiger partial charge in [0.2, 0.25) is 0 Å². The summed E-state index contributed by atoms with van der Waals surface area (Å²) in [4.78, 5) is 15.5. The molecule has 2 fully saturated rings. The molecule has 2 unspecified atom stereocenters. The van der Waals surface area contributed by atoms with E-state index in [2.05, 4.69) is 14.9 Å². The Morgan fingerprint density at radius 3 is 2.61 bits per heavy atom. The van der Waals surface area contributed by atoms with Crippen LogP contribution in [0.25, 0.3) is 0 Å². The largest absolute Gasteiger partial charge is 0.424 e. The molecule has 0 amide bonds. The lowest BCUT2D eigenvalue weighted by Crippen LogP contribution is -2.43. The predicted octanol–water partition coefficient (Wildman–Crippen LogP) is 4.89. The molecule has 31 heavy (non-hydrogen) atoms. The van der Waals surface area contributed by atoms with E-state index in [0.29, 0.717) is 46.2 Å². The van der Waals surface area contributed by atoms with Gasteiger partial charge in [0.15, 0.2) is 5.82 Å². The summed E-state index contributed by atoms with van der Waals surface area (Å²) < 4.78 is 7.79. The third-order valence-electron chi connectivity index (χ3n) is 6.38. The molecule has 2 bridgehead atoms. The van der Waals surface area contributed by atoms with Gasteiger partial charge in [-0.15, -0.1) is 0 Å². The third-order valence-corrected chi connectivity index (χ3v) is 6.82. The molecule has 1 aliphatic carbocycles. The first-order chi connectivity index (χ1) is 15.1. The molecule has 2 atom stereocenters. The quantitative estimate of drug-likeness (QED) is 0.489. The van der Waals surface area contributed by atoms with E-state index in [4.69, 9.17) is 38.0 Å². The zero-order valence-electron chi connectivity index (χ0n) is 17.3. The van der Waals surface area contributed by atoms with Crippen molar-refractivity contribution in [2.24, 2.45) is 17.8 Å². The van der Waals surface area contributed by atoms with E-state index in [-0.39, 0.29) is 0 Å². The molecule has 0 spiro atoms. The number of anilines is 1. The summed E-state index contributed by atoms with van der Waals surface area (Å²) in [5, 5.41) is 5.84. The second-order valence-corrected chi connectivity index (χ2v) is 9.08. The smallest absolute Gasteiger partial charge is 0.320 e. The molecule has 1 saturated carbocycles. The van der Waals surface area contributed by atoms with Gasteiger partial charge in [0.1, 0.15) is 23.0 Å². The summed E-state index contributed by atoms with van der Waals surface area (Å²) in [5.74, 6) is 4.19. The van der Waals surface area contributed by atoms with Gasteiger partial charge in [0.05, 0.1) is 0 Å². The van der Waals surface area contributed by atoms with Crippen molar-refractivity contribution in [3.05, 3.63) is 52.7 Å². The Morgan fingerprint density at radius 1 is 1.10 bits per heavy atom. The fourth-order valence-corrected chi connectivity index (χ4v) is 5.26. The fraction of sp³-hybridized carbons (Fsp3) is 0.455. The minimum Gasteiger partial charge on any atom is -0.424 e. The standard InChI is InChI=1S/C22H24Cl2N6O/c1-2-30-22(31-17-5-3-4-16(23)8-17)27-20(28-30)9-18-14-6-7-15(18)12-29(11-14)21-10-19(24)25-13-26-21/h3-5,8,10,13-15,18H,2,6-7,9,11-12H2,1H3. The molecule has 2 aliphatic rings. The predicted molar refractivity (Wildman–Crippen MR) is 120 cm³/mol. The number of fused-ring (bicyclic) bond motifs is 2. The van der Waals surface area contributed by atoms with Crippen molar-refractivity contribution in [3.8, 4) is 11.8 Å². The van der Waals surface area contributed by atoms with Crippen molar-refractivity contribution < 1.29 is 4.74 Å². The van der Waals surface area contributed by atoms with Crippen molar-refractivity contribution in [1.82, 2.24) is 24.7 Å². The summed E-state index contributed by atoms with van der Waals surface area (Å²) in [5.41, 5.74) is 0. The van der Waals surface area contributed by atoms with Crippen LogP contribution in [0.5, 0.6) is 11.8 Å². The van der Waals surface area contributed by atoms with Crippen molar-refractivity contribution in [1.29, 1.82) is 0 Å². The number of nitrogens with zero attached hydrogens (tertiary/aromatic N) is 6. The fourth-order valence-electron chi connectivity index (χ4n) is 4.94. The molecule has 2 aromatic heterocycles. The highest BCUT2D eigenvalue weighted by atomic mass is 35.5. The van der Waals surface area contributed by atoms with Crippen LogP contribution in [0.15, 0.2) is 36.7 Å². The van der Waals surface area contributed by atoms with Crippen molar-refractivity contribution in [2.45, 2.75) is 32.7 Å². The molecule has 1 saturated heterocycles. The second-order valence-electron chi connectivity index (χ2n) is 8.26. The Labute approximate surface area is 191 Å². The van der Waals surface area contributed by atoms with Gasteiger partial charge < -0.3 is 9.64 Å². The number of piperidine rings is 1. The summed E-state index contributed by atoms with van der Waals surface area (Å²) in [7, 11) is 0. The minimum absolute atomic E-state index is 0.487. The SMILES string of the molecule is CCn1nc(CC2C3CCC2CN(c2cc(Cl)ncn2)C3)nc1Oc1cccc(Cl)c1. The van der Waals surface area contributed by atoms with Crippen molar-refractivity contribution in [3.63, 3.8) is 0 Å². The Hall–Kier alpha value is -2.38. The van der Waals surface area contributed by atoms with Gasteiger partial charge in [0, 0.05) is 37.1 Å². The number of aromatic nitrogens is 5. The molecule has 162 valence electrons. The van der Waals surface area contributed by atoms with E-state index in [0.717, 1.165) is 31.2 Å². The van der Waals surface area contributed by atoms with Crippen LogP contribution < -0.4 is 9.64 Å². The number of hydrogen-bond donors (Lipinski definition) is 0. The van der Waals surface area contributed by atoms with Crippen LogP contribution >= 0.6 is 23.2 Å². The van der Waals surface area contributed by atoms with E-state index in [1.54, 1.807) is 6.07 Å². The number of rotatable bonds is 6. The summed E-state index contributed by atoms with van der Waals surface area (Å²) in [6.07, 6.45) is 4.86. The van der Waals surface area contributed by atoms with Crippen molar-refractivity contribution in [2.75, 3.05) is 18.0 Å². The van der Waals surface area contributed by atoms with Crippen LogP contribution in [0.1, 0.15) is 25.6 Å². The summed E-state index contributed by atoms with van der Waals surface area (Å²) in [6.45, 7) is 4.70. The maximum absolute atomic E-state index is 6.08. The van der Waals surface area contributed by atoms with Crippen molar-refractivity contribution >= 4 is 29.0 Å². The van der Waals surface area contributed by atoms with E-state index in [1.807, 2.05) is 35.9 Å². The number of ether oxygens (including phenoxy) is 1. The maximum Gasteiger partial charge on any atom is 0.320 e. The van der Waals surface area contributed by atoms with Gasteiger partial charge >= 0.3 is 6.01 Å².